The molecule has 1 aromatic heterocycles. The van der Waals surface area contributed by atoms with Crippen LogP contribution >= 0.6 is 0 Å². The van der Waals surface area contributed by atoms with Crippen LogP contribution in [0.2, 0.25) is 0 Å². The second kappa shape index (κ2) is 7.44. The van der Waals surface area contributed by atoms with Crippen LogP contribution in [0.5, 0.6) is 0 Å². The van der Waals surface area contributed by atoms with Crippen molar-refractivity contribution in [2.45, 2.75) is 27.3 Å². The highest BCUT2D eigenvalue weighted by atomic mass is 16.5. The minimum Gasteiger partial charge on any atom is -0.478 e. The summed E-state index contributed by atoms with van der Waals surface area (Å²) in [4.78, 5) is 11.7. The first-order chi connectivity index (χ1) is 11.0. The summed E-state index contributed by atoms with van der Waals surface area (Å²) in [6, 6.07) is 8.10. The Labute approximate surface area is 136 Å². The Kier molecular flexibility index (Phi) is 5.58. The second-order valence-electron chi connectivity index (χ2n) is 5.67. The fourth-order valence-corrected chi connectivity index (χ4v) is 2.87. The lowest BCUT2D eigenvalue weighted by Gasteiger charge is -2.10. The van der Waals surface area contributed by atoms with E-state index in [-0.39, 0.29) is 0 Å². The molecule has 0 saturated heterocycles. The quantitative estimate of drug-likeness (QED) is 0.771. The highest BCUT2D eigenvalue weighted by Gasteiger charge is 2.22. The van der Waals surface area contributed by atoms with Gasteiger partial charge < -0.3 is 19.7 Å². The van der Waals surface area contributed by atoms with E-state index in [1.807, 2.05) is 49.6 Å². The van der Waals surface area contributed by atoms with Gasteiger partial charge >= 0.3 is 5.97 Å². The van der Waals surface area contributed by atoms with Crippen molar-refractivity contribution in [1.82, 2.24) is 9.88 Å². The molecule has 2 aromatic rings. The number of nitrogens with one attached hydrogen (secondary N) is 1. The molecule has 124 valence electrons. The average Bonchev–Trinajstić information content (AvgIpc) is 2.76. The Hall–Kier alpha value is -2.11. The van der Waals surface area contributed by atoms with E-state index in [1.54, 1.807) is 7.11 Å². The van der Waals surface area contributed by atoms with E-state index in [1.165, 1.54) is 5.56 Å². The zero-order valence-electron chi connectivity index (χ0n) is 14.1. The first kappa shape index (κ1) is 17.2. The second-order valence-corrected chi connectivity index (χ2v) is 5.67. The molecule has 0 atom stereocenters. The van der Waals surface area contributed by atoms with Crippen molar-refractivity contribution in [1.29, 1.82) is 0 Å². The molecule has 0 aliphatic heterocycles. The molecule has 5 nitrogen and oxygen atoms in total. The van der Waals surface area contributed by atoms with Crippen LogP contribution in [0.3, 0.4) is 0 Å². The highest BCUT2D eigenvalue weighted by molar-refractivity contribution is 5.91. The summed E-state index contributed by atoms with van der Waals surface area (Å²) >= 11 is 0. The van der Waals surface area contributed by atoms with Crippen molar-refractivity contribution in [3.63, 3.8) is 0 Å². The monoisotopic (exact) mass is 316 g/mol. The highest BCUT2D eigenvalue weighted by Crippen LogP contribution is 2.26. The molecule has 2 rings (SSSR count). The zero-order chi connectivity index (χ0) is 17.0. The zero-order valence-corrected chi connectivity index (χ0v) is 14.1. The van der Waals surface area contributed by atoms with Crippen molar-refractivity contribution in [3.05, 3.63) is 52.3 Å². The largest absolute Gasteiger partial charge is 0.478 e. The van der Waals surface area contributed by atoms with Crippen LogP contribution in [0.15, 0.2) is 24.3 Å². The molecule has 0 bridgehead atoms. The standard InChI is InChI=1S/C18H24N2O3/c1-12-5-7-15(8-6-12)20-13(2)16(11-19-9-10-23-4)17(14(20)3)18(21)22/h5-8,19H,9-11H2,1-4H3,(H,21,22). The minimum atomic E-state index is -0.889. The Morgan fingerprint density at radius 1 is 1.17 bits per heavy atom. The predicted octanol–water partition coefficient (Wildman–Crippen LogP) is 2.84. The maximum absolute atomic E-state index is 11.7. The third kappa shape index (κ3) is 3.63. The third-order valence-electron chi connectivity index (χ3n) is 4.06. The number of carbonyl (C=O) groups is 1. The SMILES string of the molecule is COCCNCc1c(C(=O)O)c(C)n(-c2ccc(C)cc2)c1C. The number of rotatable bonds is 7. The summed E-state index contributed by atoms with van der Waals surface area (Å²) in [5.41, 5.74) is 5.07. The molecule has 0 aliphatic carbocycles. The van der Waals surface area contributed by atoms with Crippen molar-refractivity contribution in [3.8, 4) is 5.69 Å². The van der Waals surface area contributed by atoms with Crippen LogP contribution in [0.1, 0.15) is 32.9 Å². The maximum atomic E-state index is 11.7. The van der Waals surface area contributed by atoms with Gasteiger partial charge in [0, 0.05) is 42.8 Å². The Morgan fingerprint density at radius 3 is 2.39 bits per heavy atom. The average molecular weight is 316 g/mol. The molecule has 23 heavy (non-hydrogen) atoms. The summed E-state index contributed by atoms with van der Waals surface area (Å²) in [5.74, 6) is -0.889. The lowest BCUT2D eigenvalue weighted by Crippen LogP contribution is -2.20. The molecule has 1 heterocycles. The van der Waals surface area contributed by atoms with Gasteiger partial charge in [-0.05, 0) is 32.9 Å². The molecule has 2 N–H and O–H groups in total. The minimum absolute atomic E-state index is 0.382. The van der Waals surface area contributed by atoms with Crippen molar-refractivity contribution < 1.29 is 14.6 Å². The first-order valence-electron chi connectivity index (χ1n) is 7.68. The molecule has 5 heteroatoms. The molecule has 0 radical (unpaired) electrons. The molecule has 0 saturated carbocycles. The summed E-state index contributed by atoms with van der Waals surface area (Å²) in [6.07, 6.45) is 0. The van der Waals surface area contributed by atoms with Gasteiger partial charge in [-0.2, -0.15) is 0 Å². The molecular weight excluding hydrogens is 292 g/mol. The number of nitrogens with zero attached hydrogens (tertiary/aromatic N) is 1. The summed E-state index contributed by atoms with van der Waals surface area (Å²) in [5, 5.41) is 12.9. The number of aromatic carboxylic acids is 1. The van der Waals surface area contributed by atoms with Crippen LogP contribution in [-0.2, 0) is 11.3 Å². The fourth-order valence-electron chi connectivity index (χ4n) is 2.87. The lowest BCUT2D eigenvalue weighted by atomic mass is 10.1. The van der Waals surface area contributed by atoms with Gasteiger partial charge in [0.1, 0.15) is 0 Å². The number of carboxylic acid groups (broad SMARTS) is 1. The van der Waals surface area contributed by atoms with Crippen LogP contribution < -0.4 is 5.32 Å². The van der Waals surface area contributed by atoms with E-state index in [9.17, 15) is 9.90 Å². The van der Waals surface area contributed by atoms with Gasteiger partial charge in [-0.1, -0.05) is 17.7 Å². The Balaban J connectivity index is 2.43. The number of methoxy groups -OCH3 is 1. The van der Waals surface area contributed by atoms with Gasteiger partial charge in [0.15, 0.2) is 0 Å². The smallest absolute Gasteiger partial charge is 0.337 e. The fraction of sp³-hybridized carbons (Fsp3) is 0.389. The summed E-state index contributed by atoms with van der Waals surface area (Å²) < 4.78 is 7.02. The molecule has 0 amide bonds. The topological polar surface area (TPSA) is 63.5 Å². The number of aromatic nitrogens is 1. The van der Waals surface area contributed by atoms with Gasteiger partial charge in [0.05, 0.1) is 12.2 Å². The molecule has 0 fully saturated rings. The number of hydrogen-bond donors (Lipinski definition) is 2. The number of ether oxygens (including phenoxy) is 1. The number of hydrogen-bond acceptors (Lipinski definition) is 3. The normalized spacial score (nSPS) is 11.0. The molecule has 0 aliphatic rings. The van der Waals surface area contributed by atoms with E-state index in [0.29, 0.717) is 25.3 Å². The van der Waals surface area contributed by atoms with E-state index in [2.05, 4.69) is 5.32 Å². The number of aryl methyl sites for hydroxylation is 1. The van der Waals surface area contributed by atoms with E-state index in [4.69, 9.17) is 4.74 Å². The molecule has 0 unspecified atom stereocenters. The van der Waals surface area contributed by atoms with E-state index >= 15 is 0 Å². The van der Waals surface area contributed by atoms with Crippen molar-refractivity contribution in [2.24, 2.45) is 0 Å². The van der Waals surface area contributed by atoms with Crippen molar-refractivity contribution >= 4 is 5.97 Å². The maximum Gasteiger partial charge on any atom is 0.337 e. The first-order valence-corrected chi connectivity index (χ1v) is 7.68. The number of carboxylic acids is 1. The molecule has 0 spiro atoms. The summed E-state index contributed by atoms with van der Waals surface area (Å²) in [6.45, 7) is 7.65. The van der Waals surface area contributed by atoms with Crippen LogP contribution in [0.25, 0.3) is 5.69 Å². The van der Waals surface area contributed by atoms with Crippen LogP contribution in [0.4, 0.5) is 0 Å². The number of benzene rings is 1. The summed E-state index contributed by atoms with van der Waals surface area (Å²) in [7, 11) is 1.65. The van der Waals surface area contributed by atoms with E-state index in [0.717, 1.165) is 22.6 Å². The Morgan fingerprint density at radius 2 is 1.83 bits per heavy atom. The van der Waals surface area contributed by atoms with Crippen molar-refractivity contribution in [2.75, 3.05) is 20.3 Å². The van der Waals surface area contributed by atoms with Crippen LogP contribution in [0, 0.1) is 20.8 Å². The third-order valence-corrected chi connectivity index (χ3v) is 4.06. The van der Waals surface area contributed by atoms with E-state index < -0.39 is 5.97 Å². The Bertz CT molecular complexity index is 687. The van der Waals surface area contributed by atoms with Gasteiger partial charge in [0.2, 0.25) is 0 Å². The lowest BCUT2D eigenvalue weighted by molar-refractivity contribution is 0.0695. The molecule has 1 aromatic carbocycles. The van der Waals surface area contributed by atoms with Gasteiger partial charge in [-0.3, -0.25) is 0 Å². The molecular formula is C18H24N2O3. The van der Waals surface area contributed by atoms with Crippen LogP contribution in [-0.4, -0.2) is 35.9 Å². The predicted molar refractivity (Wildman–Crippen MR) is 90.5 cm³/mol. The van der Waals surface area contributed by atoms with Gasteiger partial charge in [0.25, 0.3) is 0 Å². The van der Waals surface area contributed by atoms with Gasteiger partial charge in [-0.15, -0.1) is 0 Å². The van der Waals surface area contributed by atoms with Gasteiger partial charge in [-0.25, -0.2) is 4.79 Å².